The predicted molar refractivity (Wildman–Crippen MR) is 121 cm³/mol. The maximum Gasteiger partial charge on any atom is 0.0197 e. The summed E-state index contributed by atoms with van der Waals surface area (Å²) in [5, 5.41) is 0. The van der Waals surface area contributed by atoms with Crippen molar-refractivity contribution in [1.82, 2.24) is 0 Å². The van der Waals surface area contributed by atoms with Crippen molar-refractivity contribution >= 4 is 9.52 Å². The Kier molecular flexibility index (Phi) is 10.4. The van der Waals surface area contributed by atoms with E-state index in [-0.39, 0.29) is 0 Å². The summed E-state index contributed by atoms with van der Waals surface area (Å²) < 4.78 is 0. The number of fused-ring (bicyclic) bond motifs is 3. The van der Waals surface area contributed by atoms with Crippen LogP contribution in [0.3, 0.4) is 0 Å². The summed E-state index contributed by atoms with van der Waals surface area (Å²) in [6.45, 7) is 4.59. The Hall–Kier alpha value is -1.34. The summed E-state index contributed by atoms with van der Waals surface area (Å²) in [6, 6.07) is 20.5. The monoisotopic (exact) mass is 366 g/mol. The molecule has 0 bridgehead atoms. The molecule has 0 aliphatic heterocycles. The molecule has 0 saturated carbocycles. The van der Waals surface area contributed by atoms with E-state index in [4.69, 9.17) is 0 Å². The van der Waals surface area contributed by atoms with Gasteiger partial charge in [0.05, 0.1) is 0 Å². The number of hydrogen-bond acceptors (Lipinski definition) is 0. The van der Waals surface area contributed by atoms with E-state index in [0.29, 0.717) is 9.52 Å². The molecule has 3 rings (SSSR count). The van der Waals surface area contributed by atoms with Crippen LogP contribution in [0.15, 0.2) is 48.5 Å². The zero-order chi connectivity index (χ0) is 18.5. The highest BCUT2D eigenvalue weighted by Crippen LogP contribution is 2.35. The van der Waals surface area contributed by atoms with Gasteiger partial charge in [-0.15, -0.1) is 0 Å². The third-order valence-electron chi connectivity index (χ3n) is 5.41. The Morgan fingerprint density at radius 1 is 0.615 bits per heavy atom. The molecule has 0 nitrogen and oxygen atoms in total. The summed E-state index contributed by atoms with van der Waals surface area (Å²) in [5.41, 5.74) is 5.75. The molecule has 0 aromatic heterocycles. The predicted octanol–water partition coefficient (Wildman–Crippen LogP) is 7.41. The summed E-state index contributed by atoms with van der Waals surface area (Å²) in [5.74, 6) is 0. The smallest absolute Gasteiger partial charge is 0.0197 e. The fourth-order valence-corrected chi connectivity index (χ4v) is 5.58. The lowest BCUT2D eigenvalue weighted by Crippen LogP contribution is -1.89. The Morgan fingerprint density at radius 3 is 1.54 bits per heavy atom. The summed E-state index contributed by atoms with van der Waals surface area (Å²) in [6.07, 6.45) is 12.9. The molecule has 0 N–H and O–H groups in total. The highest BCUT2D eigenvalue weighted by molar-refractivity contribution is 6.35. The first-order valence-electron chi connectivity index (χ1n) is 11.0. The van der Waals surface area contributed by atoms with Crippen LogP contribution >= 0.6 is 0 Å². The zero-order valence-electron chi connectivity index (χ0n) is 17.1. The molecule has 26 heavy (non-hydrogen) atoms. The molecule has 0 spiro atoms. The third kappa shape index (κ3) is 7.11. The molecule has 1 aliphatic rings. The molecule has 0 unspecified atom stereocenters. The molecule has 0 radical (unpaired) electrons. The van der Waals surface area contributed by atoms with Gasteiger partial charge >= 0.3 is 0 Å². The quantitative estimate of drug-likeness (QED) is 0.259. The molecule has 1 heteroatoms. The topological polar surface area (TPSA) is 0 Å². The van der Waals surface area contributed by atoms with Crippen molar-refractivity contribution in [2.45, 2.75) is 83.7 Å². The van der Waals surface area contributed by atoms with Crippen molar-refractivity contribution < 1.29 is 0 Å². The van der Waals surface area contributed by atoms with E-state index in [1.807, 2.05) is 0 Å². The van der Waals surface area contributed by atoms with Gasteiger partial charge in [0.25, 0.3) is 0 Å². The van der Waals surface area contributed by atoms with E-state index in [1.54, 1.807) is 12.1 Å². The van der Waals surface area contributed by atoms with Gasteiger partial charge in [-0.3, -0.25) is 0 Å². The van der Waals surface area contributed by atoms with Gasteiger partial charge in [0.2, 0.25) is 0 Å². The molecule has 142 valence electrons. The van der Waals surface area contributed by atoms with Gasteiger partial charge in [-0.25, -0.2) is 0 Å². The molecule has 0 amide bonds. The van der Waals surface area contributed by atoms with Gasteiger partial charge in [-0.1, -0.05) is 126 Å². The minimum atomic E-state index is 0.355. The summed E-state index contributed by atoms with van der Waals surface area (Å²) in [7, 11) is 0.355. The molecule has 2 aromatic rings. The molecular formula is C25H38Si. The van der Waals surface area contributed by atoms with Crippen LogP contribution in [0.1, 0.15) is 76.3 Å². The first kappa shape index (κ1) is 21.0. The average Bonchev–Trinajstić information content (AvgIpc) is 3.06. The van der Waals surface area contributed by atoms with E-state index < -0.39 is 0 Å². The number of benzene rings is 2. The normalized spacial score (nSPS) is 11.5. The highest BCUT2D eigenvalue weighted by atomic mass is 28.2. The van der Waals surface area contributed by atoms with E-state index in [2.05, 4.69) is 62.4 Å². The molecule has 0 heterocycles. The molecular weight excluding hydrogens is 328 g/mol. The van der Waals surface area contributed by atoms with Crippen molar-refractivity contribution in [1.29, 1.82) is 0 Å². The van der Waals surface area contributed by atoms with Crippen LogP contribution < -0.4 is 0 Å². The van der Waals surface area contributed by atoms with Gasteiger partial charge in [0.15, 0.2) is 0 Å². The Morgan fingerprint density at radius 2 is 1.08 bits per heavy atom. The lowest BCUT2D eigenvalue weighted by Gasteiger charge is -2.00. The maximum absolute atomic E-state index is 2.29. The maximum atomic E-state index is 2.29. The largest absolute Gasteiger partial charge is 0.0654 e. The summed E-state index contributed by atoms with van der Waals surface area (Å²) >= 11 is 0. The van der Waals surface area contributed by atoms with E-state index in [0.717, 1.165) is 6.42 Å². The highest BCUT2D eigenvalue weighted by Gasteiger charge is 2.15. The van der Waals surface area contributed by atoms with Gasteiger partial charge in [0.1, 0.15) is 0 Å². The average molecular weight is 367 g/mol. The Balaban J connectivity index is 0.000000187. The van der Waals surface area contributed by atoms with Gasteiger partial charge in [0, 0.05) is 9.52 Å². The van der Waals surface area contributed by atoms with Crippen molar-refractivity contribution in [3.63, 3.8) is 0 Å². The van der Waals surface area contributed by atoms with Gasteiger partial charge in [-0.05, 0) is 28.7 Å². The lowest BCUT2D eigenvalue weighted by atomic mass is 10.1. The first-order chi connectivity index (χ1) is 12.9. The minimum Gasteiger partial charge on any atom is -0.0654 e. The lowest BCUT2D eigenvalue weighted by molar-refractivity contribution is 0.689. The second kappa shape index (κ2) is 12.9. The Labute approximate surface area is 164 Å². The fourth-order valence-electron chi connectivity index (χ4n) is 3.82. The van der Waals surface area contributed by atoms with Crippen LogP contribution in [0, 0.1) is 0 Å². The number of unbranched alkanes of at least 4 members (excludes halogenated alkanes) is 6. The second-order valence-electron chi connectivity index (χ2n) is 7.67. The fraction of sp³-hybridized carbons (Fsp3) is 0.520. The van der Waals surface area contributed by atoms with Crippen molar-refractivity contribution in [3.05, 3.63) is 59.7 Å². The molecule has 2 aromatic carbocycles. The number of rotatable bonds is 10. The van der Waals surface area contributed by atoms with Crippen LogP contribution in [0.2, 0.25) is 12.1 Å². The van der Waals surface area contributed by atoms with E-state index >= 15 is 0 Å². The Bertz CT molecular complexity index is 564. The first-order valence-corrected chi connectivity index (χ1v) is 13.0. The minimum absolute atomic E-state index is 0.355. The van der Waals surface area contributed by atoms with Crippen LogP contribution in [-0.2, 0) is 6.42 Å². The summed E-state index contributed by atoms with van der Waals surface area (Å²) in [4.78, 5) is 0. The standard InChI is InChI=1S/C13H10.C12H28Si/c1-3-7-12-10(5-1)9-11-6-2-4-8-13(11)12;1-3-5-7-9-11-13-12-10-8-6-4-2/h1-8H,9H2;3-13H2,1-2H3. The second-order valence-corrected chi connectivity index (χ2v) is 9.79. The van der Waals surface area contributed by atoms with Gasteiger partial charge in [-0.2, -0.15) is 0 Å². The van der Waals surface area contributed by atoms with Crippen LogP contribution in [-0.4, -0.2) is 9.52 Å². The van der Waals surface area contributed by atoms with E-state index in [9.17, 15) is 0 Å². The van der Waals surface area contributed by atoms with Crippen molar-refractivity contribution in [2.75, 3.05) is 0 Å². The van der Waals surface area contributed by atoms with Crippen LogP contribution in [0.5, 0.6) is 0 Å². The molecule has 0 saturated heterocycles. The van der Waals surface area contributed by atoms with Gasteiger partial charge < -0.3 is 0 Å². The van der Waals surface area contributed by atoms with Crippen molar-refractivity contribution in [3.8, 4) is 11.1 Å². The molecule has 1 aliphatic carbocycles. The molecule has 0 fully saturated rings. The van der Waals surface area contributed by atoms with E-state index in [1.165, 1.54) is 73.6 Å². The molecule has 0 atom stereocenters. The van der Waals surface area contributed by atoms with Crippen molar-refractivity contribution in [2.24, 2.45) is 0 Å². The van der Waals surface area contributed by atoms with Crippen LogP contribution in [0.4, 0.5) is 0 Å². The SMILES string of the molecule is CCCCCC[SiH2]CCCCCC.c1ccc2c(c1)Cc1ccccc1-2. The zero-order valence-corrected chi connectivity index (χ0v) is 18.5. The third-order valence-corrected chi connectivity index (χ3v) is 7.41. The van der Waals surface area contributed by atoms with Crippen LogP contribution in [0.25, 0.3) is 11.1 Å². The number of hydrogen-bond donors (Lipinski definition) is 0.